The van der Waals surface area contributed by atoms with Gasteiger partial charge in [-0.15, -0.1) is 12.4 Å². The average Bonchev–Trinajstić information content (AvgIpc) is 2.83. The van der Waals surface area contributed by atoms with Crippen LogP contribution < -0.4 is 21.9 Å². The zero-order valence-corrected chi connectivity index (χ0v) is 20.6. The van der Waals surface area contributed by atoms with E-state index in [2.05, 4.69) is 10.6 Å². The Kier molecular flexibility index (Phi) is 16.3. The van der Waals surface area contributed by atoms with Crippen LogP contribution in [0.1, 0.15) is 45.1 Å². The van der Waals surface area contributed by atoms with Gasteiger partial charge in [0.2, 0.25) is 5.91 Å². The van der Waals surface area contributed by atoms with E-state index in [-0.39, 0.29) is 57.9 Å². The molecule has 1 aromatic carbocycles. The summed E-state index contributed by atoms with van der Waals surface area (Å²) in [7, 11) is 0. The molecule has 1 aromatic rings. The number of nitrogens with two attached hydrogens (primary N) is 1. The van der Waals surface area contributed by atoms with E-state index in [1.165, 1.54) is 0 Å². The fraction of sp³-hybridized carbons (Fsp3) is 0.500. The standard InChI is InChI=1S/C22H32N4O8.ClH/c1-3-32-18(27)12-10-16(25-22(31)34-14-15-8-6-5-7-9-15)20(29)24-17(21(30)26-23)11-13-19(28)33-4-2;/h5-9,16-17H,3-4,10-14,23H2,1-2H3,(H,24,29)(H,25,31)(H,26,30);1H. The summed E-state index contributed by atoms with van der Waals surface area (Å²) in [6.45, 7) is 3.58. The van der Waals surface area contributed by atoms with E-state index < -0.39 is 41.9 Å². The van der Waals surface area contributed by atoms with Crippen LogP contribution in [0.5, 0.6) is 0 Å². The monoisotopic (exact) mass is 516 g/mol. The first-order valence-electron chi connectivity index (χ1n) is 10.9. The third-order valence-electron chi connectivity index (χ3n) is 4.48. The van der Waals surface area contributed by atoms with Crippen LogP contribution in [-0.2, 0) is 40.0 Å². The number of esters is 2. The minimum Gasteiger partial charge on any atom is -0.466 e. The number of carbonyl (C=O) groups is 5. The van der Waals surface area contributed by atoms with Crippen molar-refractivity contribution in [2.75, 3.05) is 13.2 Å². The lowest BCUT2D eigenvalue weighted by Crippen LogP contribution is -2.55. The summed E-state index contributed by atoms with van der Waals surface area (Å²) >= 11 is 0. The summed E-state index contributed by atoms with van der Waals surface area (Å²) in [6, 6.07) is 6.51. The summed E-state index contributed by atoms with van der Waals surface area (Å²) in [5, 5.41) is 4.84. The Balaban J connectivity index is 0.0000116. The van der Waals surface area contributed by atoms with E-state index in [0.29, 0.717) is 0 Å². The molecule has 3 amide bonds. The highest BCUT2D eigenvalue weighted by Gasteiger charge is 2.28. The van der Waals surface area contributed by atoms with Crippen LogP contribution in [0, 0.1) is 0 Å². The van der Waals surface area contributed by atoms with Crippen molar-refractivity contribution in [2.24, 2.45) is 5.84 Å². The van der Waals surface area contributed by atoms with Gasteiger partial charge >= 0.3 is 18.0 Å². The van der Waals surface area contributed by atoms with E-state index in [4.69, 9.17) is 20.1 Å². The van der Waals surface area contributed by atoms with Crippen LogP contribution in [0.25, 0.3) is 0 Å². The Bertz CT molecular complexity index is 825. The highest BCUT2D eigenvalue weighted by atomic mass is 35.5. The van der Waals surface area contributed by atoms with Gasteiger partial charge in [-0.2, -0.15) is 0 Å². The Labute approximate surface area is 210 Å². The van der Waals surface area contributed by atoms with Crippen molar-refractivity contribution < 1.29 is 38.2 Å². The van der Waals surface area contributed by atoms with Crippen molar-refractivity contribution in [1.82, 2.24) is 16.1 Å². The van der Waals surface area contributed by atoms with Gasteiger partial charge in [0.05, 0.1) is 13.2 Å². The fourth-order valence-corrected chi connectivity index (χ4v) is 2.81. The Morgan fingerprint density at radius 2 is 1.31 bits per heavy atom. The highest BCUT2D eigenvalue weighted by molar-refractivity contribution is 5.91. The van der Waals surface area contributed by atoms with E-state index in [9.17, 15) is 24.0 Å². The van der Waals surface area contributed by atoms with Crippen LogP contribution >= 0.6 is 12.4 Å². The molecule has 0 aromatic heterocycles. The zero-order valence-electron chi connectivity index (χ0n) is 19.7. The maximum atomic E-state index is 12.9. The first-order chi connectivity index (χ1) is 16.3. The van der Waals surface area contributed by atoms with E-state index in [1.807, 2.05) is 11.5 Å². The molecule has 1 rings (SSSR count). The molecule has 0 spiro atoms. The van der Waals surface area contributed by atoms with Gasteiger partial charge < -0.3 is 24.8 Å². The van der Waals surface area contributed by atoms with Crippen LogP contribution in [0.4, 0.5) is 4.79 Å². The third-order valence-corrected chi connectivity index (χ3v) is 4.48. The molecule has 13 heteroatoms. The second kappa shape index (κ2) is 18.0. The van der Waals surface area contributed by atoms with Crippen LogP contribution in [-0.4, -0.2) is 55.1 Å². The molecule has 196 valence electrons. The first-order valence-corrected chi connectivity index (χ1v) is 10.9. The zero-order chi connectivity index (χ0) is 25.3. The molecular weight excluding hydrogens is 484 g/mol. The minimum atomic E-state index is -1.22. The van der Waals surface area contributed by atoms with Gasteiger partial charge in [0.15, 0.2) is 0 Å². The van der Waals surface area contributed by atoms with Gasteiger partial charge in [-0.25, -0.2) is 10.6 Å². The maximum absolute atomic E-state index is 12.9. The number of hydrazine groups is 1. The predicted octanol–water partition coefficient (Wildman–Crippen LogP) is 0.865. The van der Waals surface area contributed by atoms with Gasteiger partial charge in [0.25, 0.3) is 5.91 Å². The molecule has 35 heavy (non-hydrogen) atoms. The summed E-state index contributed by atoms with van der Waals surface area (Å²) in [4.78, 5) is 60.6. The Morgan fingerprint density at radius 3 is 1.80 bits per heavy atom. The maximum Gasteiger partial charge on any atom is 0.408 e. The number of rotatable bonds is 14. The molecule has 0 saturated carbocycles. The molecule has 12 nitrogen and oxygen atoms in total. The molecule has 0 heterocycles. The summed E-state index contributed by atoms with van der Waals surface area (Å²) in [5.41, 5.74) is 2.66. The minimum absolute atomic E-state index is 0. The van der Waals surface area contributed by atoms with Crippen LogP contribution in [0.3, 0.4) is 0 Å². The molecule has 0 bridgehead atoms. The van der Waals surface area contributed by atoms with Crippen molar-refractivity contribution in [2.45, 2.75) is 58.2 Å². The van der Waals surface area contributed by atoms with E-state index in [0.717, 1.165) is 5.56 Å². The molecule has 0 aliphatic rings. The second-order valence-corrected chi connectivity index (χ2v) is 7.02. The molecule has 0 aliphatic heterocycles. The van der Waals surface area contributed by atoms with Crippen LogP contribution in [0.2, 0.25) is 0 Å². The molecule has 0 fully saturated rings. The number of halogens is 1. The molecule has 0 radical (unpaired) electrons. The topological polar surface area (TPSA) is 175 Å². The van der Waals surface area contributed by atoms with Crippen molar-refractivity contribution in [3.63, 3.8) is 0 Å². The molecular formula is C22H33ClN4O8. The number of hydrogen-bond acceptors (Lipinski definition) is 9. The number of amides is 3. The van der Waals surface area contributed by atoms with Gasteiger partial charge in [-0.1, -0.05) is 30.3 Å². The SMILES string of the molecule is CCOC(=O)CCC(NC(=O)OCc1ccccc1)C(=O)NC(CCC(=O)OCC)C(=O)NN.Cl. The lowest BCUT2D eigenvalue weighted by atomic mass is 10.1. The normalized spacial score (nSPS) is 11.6. The molecule has 5 N–H and O–H groups in total. The summed E-state index contributed by atoms with van der Waals surface area (Å²) < 4.78 is 14.8. The van der Waals surface area contributed by atoms with Crippen LogP contribution in [0.15, 0.2) is 30.3 Å². The number of carbonyl (C=O) groups excluding carboxylic acids is 5. The number of ether oxygens (including phenoxy) is 3. The molecule has 0 saturated heterocycles. The second-order valence-electron chi connectivity index (χ2n) is 7.02. The van der Waals surface area contributed by atoms with Gasteiger partial charge in [-0.05, 0) is 32.3 Å². The van der Waals surface area contributed by atoms with Crippen molar-refractivity contribution >= 4 is 42.3 Å². The highest BCUT2D eigenvalue weighted by Crippen LogP contribution is 2.06. The lowest BCUT2D eigenvalue weighted by molar-refractivity contribution is -0.145. The molecule has 0 aliphatic carbocycles. The van der Waals surface area contributed by atoms with Crippen molar-refractivity contribution in [3.05, 3.63) is 35.9 Å². The Morgan fingerprint density at radius 1 is 0.800 bits per heavy atom. The number of benzene rings is 1. The van der Waals surface area contributed by atoms with Crippen molar-refractivity contribution in [3.8, 4) is 0 Å². The fourth-order valence-electron chi connectivity index (χ4n) is 2.81. The number of nitrogens with one attached hydrogen (secondary N) is 3. The quantitative estimate of drug-likeness (QED) is 0.0918. The van der Waals surface area contributed by atoms with Crippen molar-refractivity contribution in [1.29, 1.82) is 0 Å². The number of alkyl carbamates (subject to hydrolysis) is 1. The Hall–Kier alpha value is -3.38. The summed E-state index contributed by atoms with van der Waals surface area (Å²) in [6.07, 6.45) is -1.40. The van der Waals surface area contributed by atoms with E-state index in [1.54, 1.807) is 38.1 Å². The van der Waals surface area contributed by atoms with E-state index >= 15 is 0 Å². The third kappa shape index (κ3) is 13.2. The van der Waals surface area contributed by atoms with Gasteiger partial charge in [0.1, 0.15) is 18.7 Å². The van der Waals surface area contributed by atoms with Gasteiger partial charge in [0, 0.05) is 12.8 Å². The molecule has 2 atom stereocenters. The first kappa shape index (κ1) is 31.6. The van der Waals surface area contributed by atoms with Gasteiger partial charge in [-0.3, -0.25) is 24.6 Å². The smallest absolute Gasteiger partial charge is 0.408 e. The largest absolute Gasteiger partial charge is 0.466 e. The number of hydrogen-bond donors (Lipinski definition) is 4. The average molecular weight is 517 g/mol. The lowest BCUT2D eigenvalue weighted by Gasteiger charge is -2.22. The summed E-state index contributed by atoms with van der Waals surface area (Å²) in [5.74, 6) is 2.57. The predicted molar refractivity (Wildman–Crippen MR) is 127 cm³/mol. The molecule has 2 unspecified atom stereocenters.